The monoisotopic (exact) mass is 377 g/mol. The fourth-order valence-corrected chi connectivity index (χ4v) is 2.85. The van der Waals surface area contributed by atoms with Crippen LogP contribution in [0.1, 0.15) is 29.6 Å². The van der Waals surface area contributed by atoms with E-state index in [2.05, 4.69) is 15.6 Å². The number of benzene rings is 1. The molecule has 0 fully saturated rings. The largest absolute Gasteiger partial charge is 0.467 e. The summed E-state index contributed by atoms with van der Waals surface area (Å²) in [6.45, 7) is 4.43. The highest BCUT2D eigenvalue weighted by Gasteiger charge is 2.27. The summed E-state index contributed by atoms with van der Waals surface area (Å²) in [6, 6.07) is 6.37. The van der Waals surface area contributed by atoms with Gasteiger partial charge in [-0.3, -0.25) is 4.99 Å². The average Bonchev–Trinajstić information content (AvgIpc) is 3.09. The van der Waals surface area contributed by atoms with Crippen molar-refractivity contribution in [3.63, 3.8) is 0 Å². The van der Waals surface area contributed by atoms with Crippen LogP contribution in [0.4, 0.5) is 4.39 Å². The maximum absolute atomic E-state index is 13.8. The Morgan fingerprint density at radius 2 is 2.15 bits per heavy atom. The Labute approximate surface area is 157 Å². The Bertz CT molecular complexity index is 832. The first-order valence-corrected chi connectivity index (χ1v) is 8.64. The molecule has 0 amide bonds. The highest BCUT2D eigenvalue weighted by Crippen LogP contribution is 2.29. The smallest absolute Gasteiger partial charge is 0.191 e. The highest BCUT2D eigenvalue weighted by molar-refractivity contribution is 5.79. The molecule has 1 atom stereocenters. The number of aryl methyl sites for hydroxylation is 1. The molecular weight excluding hydrogens is 353 g/mol. The molecule has 7 nitrogen and oxygen atoms in total. The first kappa shape index (κ1) is 19.2. The van der Waals surface area contributed by atoms with E-state index in [0.717, 1.165) is 5.76 Å². The fraction of sp³-hybridized carbons (Fsp3) is 0.421. The Morgan fingerprint density at radius 1 is 1.33 bits per heavy atom. The summed E-state index contributed by atoms with van der Waals surface area (Å²) >= 11 is 0. The van der Waals surface area contributed by atoms with Crippen LogP contribution in [0.25, 0.3) is 0 Å². The van der Waals surface area contributed by atoms with Crippen molar-refractivity contribution in [3.8, 4) is 5.75 Å². The fourth-order valence-electron chi connectivity index (χ4n) is 2.85. The number of rotatable bonds is 5. The van der Waals surface area contributed by atoms with Crippen LogP contribution in [0, 0.1) is 12.7 Å². The third kappa shape index (κ3) is 4.58. The topological polar surface area (TPSA) is 88.3 Å². The van der Waals surface area contributed by atoms with Crippen LogP contribution in [0.15, 0.2) is 33.7 Å². The molecule has 3 N–H and O–H groups in total. The maximum atomic E-state index is 13.8. The van der Waals surface area contributed by atoms with Crippen LogP contribution in [0.2, 0.25) is 0 Å². The van der Waals surface area contributed by atoms with E-state index < -0.39 is 5.60 Å². The van der Waals surface area contributed by atoms with Crippen LogP contribution in [-0.2, 0) is 23.5 Å². The number of fused-ring (bicyclic) bond motifs is 1. The molecular formula is C19H24FN3O4. The lowest BCUT2D eigenvalue weighted by Crippen LogP contribution is -2.44. The molecule has 0 spiro atoms. The first-order valence-electron chi connectivity index (χ1n) is 8.64. The number of ether oxygens (including phenoxy) is 2. The van der Waals surface area contributed by atoms with E-state index in [0.29, 0.717) is 41.7 Å². The number of aliphatic imine (C=N–C) groups is 1. The van der Waals surface area contributed by atoms with E-state index in [9.17, 15) is 9.50 Å². The van der Waals surface area contributed by atoms with Gasteiger partial charge in [-0.2, -0.15) is 0 Å². The third-order valence-corrected chi connectivity index (χ3v) is 4.29. The van der Waals surface area contributed by atoms with E-state index in [1.807, 2.05) is 6.92 Å². The molecule has 146 valence electrons. The van der Waals surface area contributed by atoms with E-state index in [1.165, 1.54) is 12.1 Å². The number of aliphatic hydroxyl groups is 1. The van der Waals surface area contributed by atoms with Gasteiger partial charge in [0, 0.05) is 24.7 Å². The van der Waals surface area contributed by atoms with Gasteiger partial charge in [-0.1, -0.05) is 0 Å². The number of nitrogens with one attached hydrogen (secondary N) is 2. The molecule has 27 heavy (non-hydrogen) atoms. The van der Waals surface area contributed by atoms with Crippen molar-refractivity contribution in [2.24, 2.45) is 4.99 Å². The first-order chi connectivity index (χ1) is 12.9. The van der Waals surface area contributed by atoms with E-state index in [-0.39, 0.29) is 19.2 Å². The van der Waals surface area contributed by atoms with Gasteiger partial charge in [0.05, 0.1) is 13.2 Å². The molecule has 1 aromatic heterocycles. The summed E-state index contributed by atoms with van der Waals surface area (Å²) in [7, 11) is 1.62. The van der Waals surface area contributed by atoms with Crippen molar-refractivity contribution < 1.29 is 23.4 Å². The summed E-state index contributed by atoms with van der Waals surface area (Å²) in [5, 5.41) is 16.8. The highest BCUT2D eigenvalue weighted by atomic mass is 19.1. The summed E-state index contributed by atoms with van der Waals surface area (Å²) in [4.78, 5) is 4.13. The predicted octanol–water partition coefficient (Wildman–Crippen LogP) is 2.17. The maximum Gasteiger partial charge on any atom is 0.191 e. The molecule has 1 unspecified atom stereocenters. The SMILES string of the molecule is CN=C(NCc1cc(F)cc2c1OCOC2)NCC(C)(O)c1ccc(C)o1. The van der Waals surface area contributed by atoms with Crippen molar-refractivity contribution in [1.29, 1.82) is 0 Å². The molecule has 1 aliphatic heterocycles. The molecule has 2 heterocycles. The van der Waals surface area contributed by atoms with Gasteiger partial charge >= 0.3 is 0 Å². The molecule has 0 aliphatic carbocycles. The van der Waals surface area contributed by atoms with Crippen LogP contribution < -0.4 is 15.4 Å². The van der Waals surface area contributed by atoms with Crippen molar-refractivity contribution in [3.05, 3.63) is 52.7 Å². The summed E-state index contributed by atoms with van der Waals surface area (Å²) < 4.78 is 30.0. The van der Waals surface area contributed by atoms with Crippen molar-refractivity contribution >= 4 is 5.96 Å². The van der Waals surface area contributed by atoms with E-state index in [4.69, 9.17) is 13.9 Å². The Balaban J connectivity index is 1.62. The zero-order valence-electron chi connectivity index (χ0n) is 15.6. The molecule has 0 saturated heterocycles. The van der Waals surface area contributed by atoms with Gasteiger partial charge in [0.25, 0.3) is 0 Å². The number of hydrogen-bond donors (Lipinski definition) is 3. The average molecular weight is 377 g/mol. The minimum Gasteiger partial charge on any atom is -0.467 e. The Kier molecular flexibility index (Phi) is 5.67. The molecule has 1 aromatic carbocycles. The molecule has 1 aliphatic rings. The summed E-state index contributed by atoms with van der Waals surface area (Å²) in [5.74, 6) is 1.94. The Morgan fingerprint density at radius 3 is 2.85 bits per heavy atom. The molecule has 0 radical (unpaired) electrons. The van der Waals surface area contributed by atoms with Crippen LogP contribution >= 0.6 is 0 Å². The lowest BCUT2D eigenvalue weighted by atomic mass is 10.0. The minimum absolute atomic E-state index is 0.143. The molecule has 8 heteroatoms. The zero-order valence-corrected chi connectivity index (χ0v) is 15.6. The summed E-state index contributed by atoms with van der Waals surface area (Å²) in [6.07, 6.45) is 0. The minimum atomic E-state index is -1.20. The van der Waals surface area contributed by atoms with Crippen molar-refractivity contribution in [1.82, 2.24) is 10.6 Å². The van der Waals surface area contributed by atoms with Gasteiger partial charge < -0.3 is 29.6 Å². The lowest BCUT2D eigenvalue weighted by molar-refractivity contribution is -0.0173. The second-order valence-corrected chi connectivity index (χ2v) is 6.63. The van der Waals surface area contributed by atoms with Gasteiger partial charge in [-0.05, 0) is 38.1 Å². The number of hydrogen-bond acceptors (Lipinski definition) is 5. The summed E-state index contributed by atoms with van der Waals surface area (Å²) in [5.41, 5.74) is 0.145. The second kappa shape index (κ2) is 7.98. The van der Waals surface area contributed by atoms with Crippen LogP contribution in [-0.4, -0.2) is 31.5 Å². The van der Waals surface area contributed by atoms with Gasteiger partial charge in [0.15, 0.2) is 12.8 Å². The molecule has 0 saturated carbocycles. The third-order valence-electron chi connectivity index (χ3n) is 4.29. The second-order valence-electron chi connectivity index (χ2n) is 6.63. The number of halogens is 1. The van der Waals surface area contributed by atoms with Crippen LogP contribution in [0.3, 0.4) is 0 Å². The molecule has 3 rings (SSSR count). The van der Waals surface area contributed by atoms with Crippen molar-refractivity contribution in [2.75, 3.05) is 20.4 Å². The van der Waals surface area contributed by atoms with Crippen LogP contribution in [0.5, 0.6) is 5.75 Å². The Hall–Kier alpha value is -2.58. The lowest BCUT2D eigenvalue weighted by Gasteiger charge is -2.24. The van der Waals surface area contributed by atoms with Crippen molar-refractivity contribution in [2.45, 2.75) is 32.6 Å². The standard InChI is InChI=1S/C19H24FN3O4/c1-12-4-5-16(27-12)19(2,24)10-23-18(21-3)22-8-13-6-15(20)7-14-9-25-11-26-17(13)14/h4-7,24H,8-11H2,1-3H3,(H2,21,22,23). The quantitative estimate of drug-likeness (QED) is 0.547. The molecule has 0 bridgehead atoms. The zero-order chi connectivity index (χ0) is 19.4. The number of nitrogens with zero attached hydrogens (tertiary/aromatic N) is 1. The van der Waals surface area contributed by atoms with E-state index >= 15 is 0 Å². The van der Waals surface area contributed by atoms with Gasteiger partial charge in [0.1, 0.15) is 28.7 Å². The normalized spacial score (nSPS) is 16.3. The predicted molar refractivity (Wildman–Crippen MR) is 97.9 cm³/mol. The van der Waals surface area contributed by atoms with Gasteiger partial charge in [-0.25, -0.2) is 4.39 Å². The van der Waals surface area contributed by atoms with Gasteiger partial charge in [0.2, 0.25) is 0 Å². The van der Waals surface area contributed by atoms with Gasteiger partial charge in [-0.15, -0.1) is 0 Å². The molecule has 2 aromatic rings. The number of furan rings is 1. The van der Waals surface area contributed by atoms with E-state index in [1.54, 1.807) is 26.1 Å². The number of guanidine groups is 1.